The van der Waals surface area contributed by atoms with Crippen molar-refractivity contribution in [1.82, 2.24) is 4.72 Å². The van der Waals surface area contributed by atoms with Gasteiger partial charge < -0.3 is 10.5 Å². The van der Waals surface area contributed by atoms with E-state index in [1.54, 1.807) is 19.9 Å². The highest BCUT2D eigenvalue weighted by Crippen LogP contribution is 2.16. The summed E-state index contributed by atoms with van der Waals surface area (Å²) in [4.78, 5) is 11.4. The molecular formula is C12H18N2O4S. The predicted octanol–water partition coefficient (Wildman–Crippen LogP) is 0.489. The minimum Gasteiger partial charge on any atom is -0.465 e. The third kappa shape index (κ3) is 4.30. The van der Waals surface area contributed by atoms with Crippen molar-refractivity contribution >= 4 is 16.0 Å². The second-order valence-electron chi connectivity index (χ2n) is 4.80. The molecule has 0 radical (unpaired) electrons. The average Bonchev–Trinajstić information content (AvgIpc) is 2.35. The quantitative estimate of drug-likeness (QED) is 0.767. The number of sulfonamides is 1. The molecule has 7 heteroatoms. The van der Waals surface area contributed by atoms with Gasteiger partial charge in [-0.05, 0) is 26.0 Å². The molecule has 0 fully saturated rings. The summed E-state index contributed by atoms with van der Waals surface area (Å²) in [5.74, 6) is -0.701. The number of rotatable bonds is 5. The molecule has 0 heterocycles. The average molecular weight is 286 g/mol. The molecule has 1 aromatic carbocycles. The normalized spacial score (nSPS) is 12.2. The van der Waals surface area contributed by atoms with Crippen LogP contribution in [-0.2, 0) is 14.8 Å². The van der Waals surface area contributed by atoms with Crippen LogP contribution in [0.3, 0.4) is 0 Å². The van der Waals surface area contributed by atoms with Crippen molar-refractivity contribution in [1.29, 1.82) is 0 Å². The van der Waals surface area contributed by atoms with E-state index in [-0.39, 0.29) is 17.0 Å². The van der Waals surface area contributed by atoms with Crippen LogP contribution in [0, 0.1) is 0 Å². The fraction of sp³-hybridized carbons (Fsp3) is 0.417. The third-order valence-electron chi connectivity index (χ3n) is 2.30. The fourth-order valence-electron chi connectivity index (χ4n) is 1.34. The number of carbonyl (C=O) groups excluding carboxylic acids is 1. The van der Waals surface area contributed by atoms with Gasteiger partial charge >= 0.3 is 5.97 Å². The first-order valence-electron chi connectivity index (χ1n) is 5.63. The number of methoxy groups -OCH3 is 1. The van der Waals surface area contributed by atoms with Crippen molar-refractivity contribution < 1.29 is 17.9 Å². The summed E-state index contributed by atoms with van der Waals surface area (Å²) in [6.07, 6.45) is 0. The lowest BCUT2D eigenvalue weighted by Gasteiger charge is -2.19. The van der Waals surface area contributed by atoms with E-state index in [1.165, 1.54) is 25.3 Å². The minimum atomic E-state index is -3.81. The Kier molecular flexibility index (Phi) is 4.67. The van der Waals surface area contributed by atoms with E-state index in [2.05, 4.69) is 9.46 Å². The van der Waals surface area contributed by atoms with Gasteiger partial charge in [0.25, 0.3) is 0 Å². The Balaban J connectivity index is 3.12. The summed E-state index contributed by atoms with van der Waals surface area (Å²) in [7, 11) is -2.61. The van der Waals surface area contributed by atoms with Crippen LogP contribution < -0.4 is 10.5 Å². The molecule has 1 rings (SSSR count). The first kappa shape index (κ1) is 15.6. The van der Waals surface area contributed by atoms with Crippen molar-refractivity contribution in [3.8, 4) is 0 Å². The Hall–Kier alpha value is -1.44. The molecule has 0 aliphatic heterocycles. The van der Waals surface area contributed by atoms with Crippen molar-refractivity contribution in [3.05, 3.63) is 29.8 Å². The van der Waals surface area contributed by atoms with E-state index in [0.29, 0.717) is 0 Å². The number of ether oxygens (including phenoxy) is 1. The molecule has 0 amide bonds. The topological polar surface area (TPSA) is 98.5 Å². The standard InChI is InChI=1S/C12H18N2O4S/c1-12(2,13)8-14-19(16,17)10-7-5-4-6-9(10)11(15)18-3/h4-7,14H,8,13H2,1-3H3. The lowest BCUT2D eigenvalue weighted by molar-refractivity contribution is 0.0596. The summed E-state index contributed by atoms with van der Waals surface area (Å²) >= 11 is 0. The van der Waals surface area contributed by atoms with Crippen LogP contribution in [0.25, 0.3) is 0 Å². The van der Waals surface area contributed by atoms with E-state index < -0.39 is 21.5 Å². The van der Waals surface area contributed by atoms with E-state index in [9.17, 15) is 13.2 Å². The molecule has 0 saturated heterocycles. The minimum absolute atomic E-state index is 0.00710. The van der Waals surface area contributed by atoms with Crippen molar-refractivity contribution in [2.24, 2.45) is 5.73 Å². The Bertz CT molecular complexity index is 561. The van der Waals surface area contributed by atoms with Crippen molar-refractivity contribution in [2.75, 3.05) is 13.7 Å². The Morgan fingerprint density at radius 3 is 2.47 bits per heavy atom. The van der Waals surface area contributed by atoms with Crippen molar-refractivity contribution in [2.45, 2.75) is 24.3 Å². The molecule has 0 aliphatic carbocycles. The molecule has 0 aromatic heterocycles. The first-order chi connectivity index (χ1) is 8.67. The predicted molar refractivity (Wildman–Crippen MR) is 71.2 cm³/mol. The molecule has 106 valence electrons. The van der Waals surface area contributed by atoms with Crippen LogP contribution in [-0.4, -0.2) is 33.6 Å². The summed E-state index contributed by atoms with van der Waals surface area (Å²) in [6.45, 7) is 3.45. The van der Waals surface area contributed by atoms with Crippen molar-refractivity contribution in [3.63, 3.8) is 0 Å². The first-order valence-corrected chi connectivity index (χ1v) is 7.11. The number of hydrogen-bond donors (Lipinski definition) is 2. The number of benzene rings is 1. The molecule has 0 bridgehead atoms. The Morgan fingerprint density at radius 1 is 1.37 bits per heavy atom. The molecule has 0 unspecified atom stereocenters. The number of nitrogens with two attached hydrogens (primary N) is 1. The maximum absolute atomic E-state index is 12.1. The van der Waals surface area contributed by atoms with Gasteiger partial charge in [0.1, 0.15) is 0 Å². The van der Waals surface area contributed by atoms with Gasteiger partial charge in [0.05, 0.1) is 17.6 Å². The largest absolute Gasteiger partial charge is 0.465 e. The Labute approximate surface area is 113 Å². The van der Waals surface area contributed by atoms with Gasteiger partial charge in [0.15, 0.2) is 0 Å². The van der Waals surface area contributed by atoms with Crippen LogP contribution in [0.4, 0.5) is 0 Å². The van der Waals surface area contributed by atoms with Gasteiger partial charge in [-0.3, -0.25) is 0 Å². The van der Waals surface area contributed by atoms with E-state index in [0.717, 1.165) is 0 Å². The molecule has 0 aliphatic rings. The monoisotopic (exact) mass is 286 g/mol. The zero-order valence-corrected chi connectivity index (χ0v) is 12.0. The molecule has 19 heavy (non-hydrogen) atoms. The Morgan fingerprint density at radius 2 is 1.95 bits per heavy atom. The lowest BCUT2D eigenvalue weighted by atomic mass is 10.1. The maximum Gasteiger partial charge on any atom is 0.339 e. The molecule has 1 aromatic rings. The molecule has 0 spiro atoms. The molecule has 6 nitrogen and oxygen atoms in total. The number of hydrogen-bond acceptors (Lipinski definition) is 5. The number of nitrogens with one attached hydrogen (secondary N) is 1. The van der Waals surface area contributed by atoms with E-state index >= 15 is 0 Å². The maximum atomic E-state index is 12.1. The van der Waals surface area contributed by atoms with Gasteiger partial charge in [-0.2, -0.15) is 0 Å². The van der Waals surface area contributed by atoms with Crippen LogP contribution in [0.2, 0.25) is 0 Å². The zero-order chi connectivity index (χ0) is 14.7. The third-order valence-corrected chi connectivity index (χ3v) is 3.76. The smallest absolute Gasteiger partial charge is 0.339 e. The van der Waals surface area contributed by atoms with Crippen LogP contribution in [0.5, 0.6) is 0 Å². The molecule has 0 saturated carbocycles. The highest BCUT2D eigenvalue weighted by molar-refractivity contribution is 7.89. The number of esters is 1. The van der Waals surface area contributed by atoms with Gasteiger partial charge in [-0.15, -0.1) is 0 Å². The lowest BCUT2D eigenvalue weighted by Crippen LogP contribution is -2.45. The molecule has 0 atom stereocenters. The summed E-state index contributed by atoms with van der Waals surface area (Å²) in [5.41, 5.74) is 5.03. The van der Waals surface area contributed by atoms with E-state index in [4.69, 9.17) is 5.73 Å². The van der Waals surface area contributed by atoms with Crippen LogP contribution in [0.15, 0.2) is 29.2 Å². The SMILES string of the molecule is COC(=O)c1ccccc1S(=O)(=O)NCC(C)(C)N. The molecular weight excluding hydrogens is 268 g/mol. The highest BCUT2D eigenvalue weighted by atomic mass is 32.2. The van der Waals surface area contributed by atoms with Gasteiger partial charge in [0.2, 0.25) is 10.0 Å². The summed E-state index contributed by atoms with van der Waals surface area (Å²) in [6, 6.07) is 5.85. The molecule has 3 N–H and O–H groups in total. The highest BCUT2D eigenvalue weighted by Gasteiger charge is 2.24. The fourth-order valence-corrected chi connectivity index (χ4v) is 2.75. The van der Waals surface area contributed by atoms with Gasteiger partial charge in [0, 0.05) is 12.1 Å². The van der Waals surface area contributed by atoms with Crippen LogP contribution >= 0.6 is 0 Å². The van der Waals surface area contributed by atoms with E-state index in [1.807, 2.05) is 0 Å². The van der Waals surface area contributed by atoms with Gasteiger partial charge in [-0.1, -0.05) is 12.1 Å². The summed E-state index contributed by atoms with van der Waals surface area (Å²) in [5, 5.41) is 0. The number of carbonyl (C=O) groups is 1. The zero-order valence-electron chi connectivity index (χ0n) is 11.1. The second-order valence-corrected chi connectivity index (χ2v) is 6.54. The van der Waals surface area contributed by atoms with Crippen LogP contribution in [0.1, 0.15) is 24.2 Å². The summed E-state index contributed by atoms with van der Waals surface area (Å²) < 4.78 is 31.2. The van der Waals surface area contributed by atoms with Gasteiger partial charge in [-0.25, -0.2) is 17.9 Å². The second kappa shape index (κ2) is 5.68.